The molecule has 0 amide bonds. The van der Waals surface area contributed by atoms with Crippen LogP contribution in [0.3, 0.4) is 0 Å². The summed E-state index contributed by atoms with van der Waals surface area (Å²) in [5.41, 5.74) is 5.92. The molecule has 2 unspecified atom stereocenters. The van der Waals surface area contributed by atoms with Gasteiger partial charge in [0.1, 0.15) is 0 Å². The molecule has 5 nitrogen and oxygen atoms in total. The first-order valence-electron chi connectivity index (χ1n) is 14.0. The largest absolute Gasteiger partial charge is 0.517 e. The fourth-order valence-electron chi connectivity index (χ4n) is 5.90. The number of anilines is 1. The maximum Gasteiger partial charge on any atom is 0.0145 e. The van der Waals surface area contributed by atoms with Crippen LogP contribution >= 0.6 is 9.69 Å². The van der Waals surface area contributed by atoms with Crippen LogP contribution < -0.4 is 9.64 Å². The second kappa shape index (κ2) is 12.8. The van der Waals surface area contributed by atoms with E-state index in [1.165, 1.54) is 48.2 Å². The average molecular weight is 642 g/mol. The fraction of sp³-hybridized carbons (Fsp3) is 0.562. The molecule has 2 aliphatic heterocycles. The molecule has 2 heterocycles. The Kier molecular flexibility index (Phi) is 10.4. The summed E-state index contributed by atoms with van der Waals surface area (Å²) in [4.78, 5) is 12.9. The average Bonchev–Trinajstić information content (AvgIpc) is 2.85. The van der Waals surface area contributed by atoms with E-state index in [1.807, 2.05) is 13.8 Å². The van der Waals surface area contributed by atoms with Crippen LogP contribution in [-0.4, -0.2) is 21.2 Å². The van der Waals surface area contributed by atoms with Crippen molar-refractivity contribution in [3.8, 4) is 5.75 Å². The number of hydrogen-bond acceptors (Lipinski definition) is 4. The Labute approximate surface area is 247 Å². The third-order valence-corrected chi connectivity index (χ3v) is 9.56. The second-order valence-corrected chi connectivity index (χ2v) is 14.3. The van der Waals surface area contributed by atoms with Gasteiger partial charge >= 0.3 is 105 Å². The Morgan fingerprint density at radius 3 is 2.21 bits per heavy atom. The van der Waals surface area contributed by atoms with Crippen LogP contribution in [0.4, 0.5) is 11.4 Å². The molecule has 3 fully saturated rings. The number of nitrogens with zero attached hydrogens (tertiary/aromatic N) is 2. The first kappa shape index (κ1) is 31.7. The molecule has 39 heavy (non-hydrogen) atoms. The van der Waals surface area contributed by atoms with Crippen molar-refractivity contribution in [2.24, 2.45) is 11.3 Å². The number of nitro groups is 1. The molecule has 217 valence electrons. The van der Waals surface area contributed by atoms with Gasteiger partial charge in [-0.15, -0.1) is 5.41 Å². The van der Waals surface area contributed by atoms with E-state index in [4.69, 9.17) is 14.4 Å². The van der Waals surface area contributed by atoms with Crippen molar-refractivity contribution in [2.75, 3.05) is 4.90 Å². The molecule has 7 heteroatoms. The molecule has 2 aromatic rings. The van der Waals surface area contributed by atoms with Crippen molar-refractivity contribution in [1.82, 2.24) is 0 Å². The Morgan fingerprint density at radius 1 is 1.10 bits per heavy atom. The summed E-state index contributed by atoms with van der Waals surface area (Å²) in [7, 11) is 5.69. The van der Waals surface area contributed by atoms with Crippen LogP contribution in [0.1, 0.15) is 110 Å². The van der Waals surface area contributed by atoms with E-state index in [9.17, 15) is 10.1 Å². The summed E-state index contributed by atoms with van der Waals surface area (Å²) >= 11 is -0.440. The third kappa shape index (κ3) is 7.11. The zero-order chi connectivity index (χ0) is 29.1. The van der Waals surface area contributed by atoms with Gasteiger partial charge in [0.25, 0.3) is 0 Å². The van der Waals surface area contributed by atoms with Crippen LogP contribution in [0.2, 0.25) is 0 Å². The predicted molar refractivity (Wildman–Crippen MR) is 161 cm³/mol. The molecule has 3 aliphatic rings. The first-order valence-corrected chi connectivity index (χ1v) is 17.2. The maximum absolute atomic E-state index is 10.6. The van der Waals surface area contributed by atoms with E-state index >= 15 is 0 Å². The Hall–Kier alpha value is -1.78. The topological polar surface area (TPSA) is 55.6 Å². The monoisotopic (exact) mass is 642 g/mol. The SMILES string of the molecule is CC(C)Oc1ccc([N+](=O)[O-])cc1[CH]=[Ru][Cl].CC(C)c1cccc(C(C)C)c1N1[CH-]C2(C)CCC1(C)C[C@H]2C. The number of nitro benzene ring substituents is 1. The van der Waals surface area contributed by atoms with Gasteiger partial charge < -0.3 is 4.90 Å². The molecule has 0 radical (unpaired) electrons. The summed E-state index contributed by atoms with van der Waals surface area (Å²) in [6.45, 7) is 23.1. The Bertz CT molecular complexity index is 1170. The minimum atomic E-state index is -0.440. The number of hydrogen-bond donors (Lipinski definition) is 0. The van der Waals surface area contributed by atoms with Gasteiger partial charge in [0.15, 0.2) is 0 Å². The quantitative estimate of drug-likeness (QED) is 0.131. The molecule has 2 aromatic carbocycles. The number of rotatable bonds is 7. The molecule has 5 rings (SSSR count). The van der Waals surface area contributed by atoms with Crippen molar-refractivity contribution in [3.05, 3.63) is 69.7 Å². The number of ether oxygens (including phenoxy) is 1. The molecular formula is C32H45ClN2O3Ru-. The maximum atomic E-state index is 10.6. The van der Waals surface area contributed by atoms with Crippen LogP contribution in [0.25, 0.3) is 0 Å². The smallest absolute Gasteiger partial charge is 0.0145 e. The van der Waals surface area contributed by atoms with Crippen molar-refractivity contribution in [2.45, 2.75) is 105 Å². The van der Waals surface area contributed by atoms with E-state index in [-0.39, 0.29) is 17.3 Å². The first-order chi connectivity index (χ1) is 18.2. The van der Waals surface area contributed by atoms with Crippen molar-refractivity contribution in [3.63, 3.8) is 0 Å². The molecule has 3 atom stereocenters. The van der Waals surface area contributed by atoms with Crippen molar-refractivity contribution >= 4 is 25.7 Å². The van der Waals surface area contributed by atoms with Gasteiger partial charge in [-0.3, -0.25) is 0 Å². The summed E-state index contributed by atoms with van der Waals surface area (Å²) in [5, 5.41) is 10.6. The fourth-order valence-corrected chi connectivity index (χ4v) is 6.99. The minimum absolute atomic E-state index is 0.0275. The normalized spacial score (nSPS) is 24.6. The van der Waals surface area contributed by atoms with Crippen LogP contribution in [0, 0.1) is 28.0 Å². The van der Waals surface area contributed by atoms with Crippen LogP contribution in [-0.2, 0) is 15.7 Å². The zero-order valence-corrected chi connectivity index (χ0v) is 27.4. The molecule has 1 aliphatic carbocycles. The molecular weight excluding hydrogens is 597 g/mol. The molecule has 1 saturated carbocycles. The number of halogens is 1. The summed E-state index contributed by atoms with van der Waals surface area (Å²) < 4.78 is 7.31. The summed E-state index contributed by atoms with van der Waals surface area (Å²) in [6.07, 6.45) is 3.99. The second-order valence-electron chi connectivity index (χ2n) is 12.5. The van der Waals surface area contributed by atoms with E-state index in [0.717, 1.165) is 5.92 Å². The minimum Gasteiger partial charge on any atom is -0.517 e. The summed E-state index contributed by atoms with van der Waals surface area (Å²) in [5.74, 6) is 2.54. The van der Waals surface area contributed by atoms with Crippen molar-refractivity contribution in [1.29, 1.82) is 0 Å². The number of para-hydroxylation sites is 1. The molecule has 0 aromatic heterocycles. The van der Waals surface area contributed by atoms with E-state index in [0.29, 0.717) is 28.6 Å². The molecule has 2 bridgehead atoms. The number of non-ortho nitro benzene ring substituents is 1. The predicted octanol–water partition coefficient (Wildman–Crippen LogP) is 9.27. The Morgan fingerprint density at radius 2 is 1.72 bits per heavy atom. The van der Waals surface area contributed by atoms with Crippen LogP contribution in [0.15, 0.2) is 36.4 Å². The molecule has 0 N–H and O–H groups in total. The third-order valence-electron chi connectivity index (χ3n) is 8.38. The number of benzene rings is 2. The van der Waals surface area contributed by atoms with Gasteiger partial charge in [-0.05, 0) is 42.7 Å². The van der Waals surface area contributed by atoms with Gasteiger partial charge in [0, 0.05) is 11.2 Å². The van der Waals surface area contributed by atoms with Gasteiger partial charge in [-0.2, -0.15) is 0 Å². The van der Waals surface area contributed by atoms with Gasteiger partial charge in [0.2, 0.25) is 0 Å². The van der Waals surface area contributed by atoms with E-state index in [1.54, 1.807) is 10.7 Å². The zero-order valence-electron chi connectivity index (χ0n) is 24.9. The van der Waals surface area contributed by atoms with E-state index in [2.05, 4.69) is 78.1 Å². The standard InChI is InChI=1S/C22H34N.C10H11NO3.ClH.Ru/c1-15(2)18-9-8-10-19(16(3)4)20(18)23-14-21(6)11-12-22(23,7)13-17(21)5;1-7(2)14-10-5-4-9(11(12)13)6-8(10)3;;/h8-10,14-17H,11-13H2,1-7H3;3-7H,1-2H3;1H;/q-1;;;+1/p-1/t17-,21?,22?;;;/m1.../s1. The Balaban J connectivity index is 0.000000231. The van der Waals surface area contributed by atoms with Gasteiger partial charge in [-0.25, -0.2) is 6.54 Å². The number of fused-ring (bicyclic) bond motifs is 3. The summed E-state index contributed by atoms with van der Waals surface area (Å²) in [6, 6.07) is 11.5. The van der Waals surface area contributed by atoms with Crippen molar-refractivity contribution < 1.29 is 25.3 Å². The van der Waals surface area contributed by atoms with Crippen LogP contribution in [0.5, 0.6) is 5.75 Å². The molecule has 0 spiro atoms. The van der Waals surface area contributed by atoms with E-state index < -0.39 is 20.6 Å². The van der Waals surface area contributed by atoms with Gasteiger partial charge in [0.05, 0.1) is 0 Å². The number of piperidine rings is 2. The molecule has 2 saturated heterocycles. The van der Waals surface area contributed by atoms with Gasteiger partial charge in [-0.1, -0.05) is 72.1 Å².